The van der Waals surface area contributed by atoms with Gasteiger partial charge in [0, 0.05) is 18.5 Å². The predicted octanol–water partition coefficient (Wildman–Crippen LogP) is 5.09. The summed E-state index contributed by atoms with van der Waals surface area (Å²) in [5.41, 5.74) is 2.64. The molecule has 0 aliphatic rings. The zero-order valence-electron chi connectivity index (χ0n) is 18.6. The highest BCUT2D eigenvalue weighted by molar-refractivity contribution is 5.89. The summed E-state index contributed by atoms with van der Waals surface area (Å²) in [6.45, 7) is 8.33. The van der Waals surface area contributed by atoms with Crippen LogP contribution < -0.4 is 4.74 Å². The van der Waals surface area contributed by atoms with Crippen molar-refractivity contribution >= 4 is 5.97 Å². The highest BCUT2D eigenvalue weighted by Crippen LogP contribution is 2.17. The molecule has 2 aromatic rings. The summed E-state index contributed by atoms with van der Waals surface area (Å²) in [5.74, 6) is 6.74. The Kier molecular flexibility index (Phi) is 8.70. The van der Waals surface area contributed by atoms with Gasteiger partial charge in [-0.05, 0) is 69.3 Å². The molecule has 0 heterocycles. The van der Waals surface area contributed by atoms with E-state index in [9.17, 15) is 4.79 Å². The summed E-state index contributed by atoms with van der Waals surface area (Å²) < 4.78 is 10.7. The zero-order valence-corrected chi connectivity index (χ0v) is 18.6. The van der Waals surface area contributed by atoms with Crippen LogP contribution in [0.3, 0.4) is 0 Å². The second kappa shape index (κ2) is 11.2. The van der Waals surface area contributed by atoms with E-state index in [0.29, 0.717) is 12.2 Å². The van der Waals surface area contributed by atoms with E-state index >= 15 is 0 Å². The van der Waals surface area contributed by atoms with Crippen LogP contribution in [0.5, 0.6) is 5.75 Å². The Labute approximate surface area is 180 Å². The van der Waals surface area contributed by atoms with Gasteiger partial charge < -0.3 is 9.47 Å². The number of carbonyl (C=O) groups excluding carboxylic acids is 1. The van der Waals surface area contributed by atoms with Gasteiger partial charge in [-0.25, -0.2) is 4.79 Å². The van der Waals surface area contributed by atoms with Crippen LogP contribution in [-0.2, 0) is 17.9 Å². The fraction of sp³-hybridized carbons (Fsp3) is 0.346. The fourth-order valence-electron chi connectivity index (χ4n) is 2.73. The maximum atomic E-state index is 11.7. The van der Waals surface area contributed by atoms with Crippen molar-refractivity contribution in [2.75, 3.05) is 20.7 Å². The van der Waals surface area contributed by atoms with Crippen molar-refractivity contribution in [3.05, 3.63) is 77.4 Å². The number of esters is 1. The molecule has 158 valence electrons. The molecule has 2 aromatic carbocycles. The van der Waals surface area contributed by atoms with E-state index < -0.39 is 0 Å². The van der Waals surface area contributed by atoms with Crippen molar-refractivity contribution < 1.29 is 14.3 Å². The van der Waals surface area contributed by atoms with Crippen LogP contribution in [0.25, 0.3) is 0 Å². The van der Waals surface area contributed by atoms with Crippen molar-refractivity contribution in [3.8, 4) is 17.6 Å². The van der Waals surface area contributed by atoms with Gasteiger partial charge in [0.05, 0.1) is 12.7 Å². The van der Waals surface area contributed by atoms with Gasteiger partial charge in [0.2, 0.25) is 0 Å². The number of benzene rings is 2. The first-order valence-electron chi connectivity index (χ1n) is 10.0. The van der Waals surface area contributed by atoms with Crippen LogP contribution in [0, 0.1) is 17.3 Å². The summed E-state index contributed by atoms with van der Waals surface area (Å²) in [5, 5.41) is 0. The molecule has 0 fully saturated rings. The molecule has 0 aliphatic heterocycles. The highest BCUT2D eigenvalue weighted by Gasteiger charge is 2.07. The number of hydrogen-bond donors (Lipinski definition) is 0. The number of carbonyl (C=O) groups is 1. The molecule has 0 saturated heterocycles. The molecule has 0 unspecified atom stereocenters. The van der Waals surface area contributed by atoms with Crippen molar-refractivity contribution in [1.29, 1.82) is 0 Å². The van der Waals surface area contributed by atoms with Crippen LogP contribution in [0.1, 0.15) is 42.3 Å². The quantitative estimate of drug-likeness (QED) is 0.453. The number of nitrogens with zero attached hydrogens (tertiary/aromatic N) is 1. The van der Waals surface area contributed by atoms with Crippen molar-refractivity contribution in [1.82, 2.24) is 4.90 Å². The zero-order chi connectivity index (χ0) is 22.0. The molecule has 0 saturated carbocycles. The number of hydrogen-bond acceptors (Lipinski definition) is 4. The standard InChI is InChI=1S/C26H31NO3/c1-26(2,3)15-7-6-8-16-27(4)19-21-11-10-14-24(18-21)30-20-22-12-9-13-23(17-22)25(28)29-5/h6,8-14,17-18H,16,19-20H2,1-5H3. The lowest BCUT2D eigenvalue weighted by atomic mass is 9.98. The fourth-order valence-corrected chi connectivity index (χ4v) is 2.73. The van der Waals surface area contributed by atoms with Gasteiger partial charge in [-0.3, -0.25) is 4.90 Å². The third kappa shape index (κ3) is 8.55. The molecular weight excluding hydrogens is 374 g/mol. The molecule has 0 spiro atoms. The number of ether oxygens (including phenoxy) is 2. The van der Waals surface area contributed by atoms with Gasteiger partial charge in [-0.15, -0.1) is 0 Å². The first-order valence-corrected chi connectivity index (χ1v) is 10.0. The lowest BCUT2D eigenvalue weighted by Crippen LogP contribution is -2.17. The number of rotatable bonds is 8. The average Bonchev–Trinajstić information content (AvgIpc) is 2.71. The minimum Gasteiger partial charge on any atom is -0.489 e. The third-order valence-corrected chi connectivity index (χ3v) is 4.17. The maximum Gasteiger partial charge on any atom is 0.337 e. The molecule has 4 nitrogen and oxygen atoms in total. The minimum absolute atomic E-state index is 0.0251. The van der Waals surface area contributed by atoms with E-state index in [1.807, 2.05) is 36.4 Å². The molecule has 0 bridgehead atoms. The van der Waals surface area contributed by atoms with Crippen LogP contribution in [0.2, 0.25) is 0 Å². The molecule has 0 aliphatic carbocycles. The highest BCUT2D eigenvalue weighted by atomic mass is 16.5. The van der Waals surface area contributed by atoms with Crippen LogP contribution in [-0.4, -0.2) is 31.6 Å². The Morgan fingerprint density at radius 2 is 1.83 bits per heavy atom. The van der Waals surface area contributed by atoms with Gasteiger partial charge in [0.1, 0.15) is 12.4 Å². The summed E-state index contributed by atoms with van der Waals surface area (Å²) in [6, 6.07) is 15.3. The molecule has 0 radical (unpaired) electrons. The molecule has 0 N–H and O–H groups in total. The lowest BCUT2D eigenvalue weighted by Gasteiger charge is -2.15. The van der Waals surface area contributed by atoms with Crippen LogP contribution >= 0.6 is 0 Å². The third-order valence-electron chi connectivity index (χ3n) is 4.17. The Bertz CT molecular complexity index is 929. The summed E-state index contributed by atoms with van der Waals surface area (Å²) >= 11 is 0. The summed E-state index contributed by atoms with van der Waals surface area (Å²) in [4.78, 5) is 13.9. The van der Waals surface area contributed by atoms with Gasteiger partial charge in [0.15, 0.2) is 0 Å². The Hall–Kier alpha value is -3.03. The molecular formula is C26H31NO3. The Balaban J connectivity index is 1.89. The maximum absolute atomic E-state index is 11.7. The Morgan fingerprint density at radius 3 is 2.57 bits per heavy atom. The second-order valence-corrected chi connectivity index (χ2v) is 8.25. The topological polar surface area (TPSA) is 38.8 Å². The second-order valence-electron chi connectivity index (χ2n) is 8.25. The number of allylic oxidation sites excluding steroid dienone is 1. The van der Waals surface area contributed by atoms with Gasteiger partial charge in [0.25, 0.3) is 0 Å². The first-order chi connectivity index (χ1) is 14.3. The van der Waals surface area contributed by atoms with E-state index in [1.165, 1.54) is 12.7 Å². The number of methoxy groups -OCH3 is 1. The average molecular weight is 406 g/mol. The lowest BCUT2D eigenvalue weighted by molar-refractivity contribution is 0.0600. The Morgan fingerprint density at radius 1 is 1.10 bits per heavy atom. The largest absolute Gasteiger partial charge is 0.489 e. The van der Waals surface area contributed by atoms with E-state index in [0.717, 1.165) is 24.4 Å². The van der Waals surface area contributed by atoms with Crippen molar-refractivity contribution in [3.63, 3.8) is 0 Å². The predicted molar refractivity (Wildman–Crippen MR) is 121 cm³/mol. The van der Waals surface area contributed by atoms with E-state index in [-0.39, 0.29) is 11.4 Å². The SMILES string of the molecule is COC(=O)c1cccc(COc2cccc(CN(C)CC=CC#CC(C)(C)C)c2)c1. The monoisotopic (exact) mass is 405 g/mol. The van der Waals surface area contributed by atoms with E-state index in [4.69, 9.17) is 9.47 Å². The van der Waals surface area contributed by atoms with Gasteiger partial charge in [-0.2, -0.15) is 0 Å². The first kappa shape index (κ1) is 23.3. The minimum atomic E-state index is -0.347. The van der Waals surface area contributed by atoms with E-state index in [2.05, 4.69) is 56.7 Å². The van der Waals surface area contributed by atoms with Gasteiger partial charge in [-0.1, -0.05) is 42.2 Å². The van der Waals surface area contributed by atoms with Gasteiger partial charge >= 0.3 is 5.97 Å². The normalized spacial score (nSPS) is 11.3. The van der Waals surface area contributed by atoms with Crippen molar-refractivity contribution in [2.45, 2.75) is 33.9 Å². The summed E-state index contributed by atoms with van der Waals surface area (Å²) in [6.07, 6.45) is 4.00. The molecule has 4 heteroatoms. The molecule has 0 amide bonds. The van der Waals surface area contributed by atoms with E-state index in [1.54, 1.807) is 12.1 Å². The van der Waals surface area contributed by atoms with Crippen molar-refractivity contribution in [2.24, 2.45) is 5.41 Å². The van der Waals surface area contributed by atoms with Crippen LogP contribution in [0.15, 0.2) is 60.7 Å². The molecule has 2 rings (SSSR count). The smallest absolute Gasteiger partial charge is 0.337 e. The molecule has 0 aromatic heterocycles. The van der Waals surface area contributed by atoms with Crippen LogP contribution in [0.4, 0.5) is 0 Å². The molecule has 0 atom stereocenters. The molecule has 30 heavy (non-hydrogen) atoms. The number of likely N-dealkylation sites (N-methyl/N-ethyl adjacent to an activating group) is 1. The summed E-state index contributed by atoms with van der Waals surface area (Å²) in [7, 11) is 3.45.